The minimum absolute atomic E-state index is 1.15. The molecule has 6 rings (SSSR count). The van der Waals surface area contributed by atoms with Crippen molar-refractivity contribution in [2.24, 2.45) is 0 Å². The van der Waals surface area contributed by atoms with E-state index in [0.29, 0.717) is 0 Å². The fraction of sp³-hybridized carbons (Fsp3) is 0.0303. The lowest BCUT2D eigenvalue weighted by Gasteiger charge is -2.30. The second-order valence-corrected chi connectivity index (χ2v) is 8.66. The van der Waals surface area contributed by atoms with Gasteiger partial charge in [-0.2, -0.15) is 0 Å². The van der Waals surface area contributed by atoms with E-state index in [1.54, 1.807) is 0 Å². The summed E-state index contributed by atoms with van der Waals surface area (Å²) in [5, 5.41) is 5.01. The average molecular weight is 436 g/mol. The molecule has 0 saturated heterocycles. The van der Waals surface area contributed by atoms with Crippen molar-refractivity contribution in [3.05, 3.63) is 139 Å². The van der Waals surface area contributed by atoms with Gasteiger partial charge in [-0.1, -0.05) is 109 Å². The summed E-state index contributed by atoms with van der Waals surface area (Å²) in [5.74, 6) is 0. The quantitative estimate of drug-likeness (QED) is 0.266. The van der Waals surface area contributed by atoms with Crippen LogP contribution in [0.5, 0.6) is 0 Å². The number of aryl methyl sites for hydroxylation is 1. The lowest BCUT2D eigenvalue weighted by Crippen LogP contribution is -2.12. The number of hydrogen-bond donors (Lipinski definition) is 0. The van der Waals surface area contributed by atoms with Crippen molar-refractivity contribution in [1.82, 2.24) is 0 Å². The minimum Gasteiger partial charge on any atom is -0.310 e. The predicted molar refractivity (Wildman–Crippen MR) is 146 cm³/mol. The molecule has 0 fully saturated rings. The van der Waals surface area contributed by atoms with Gasteiger partial charge in [0.1, 0.15) is 0 Å². The Morgan fingerprint density at radius 1 is 0.441 bits per heavy atom. The van der Waals surface area contributed by atoms with Gasteiger partial charge in [-0.3, -0.25) is 0 Å². The maximum atomic E-state index is 2.40. The fourth-order valence-corrected chi connectivity index (χ4v) is 4.97. The lowest BCUT2D eigenvalue weighted by atomic mass is 9.91. The molecule has 0 atom stereocenters. The van der Waals surface area contributed by atoms with E-state index in [1.165, 1.54) is 49.6 Å². The lowest BCUT2D eigenvalue weighted by molar-refractivity contribution is 1.25. The van der Waals surface area contributed by atoms with Gasteiger partial charge in [0.05, 0.1) is 5.69 Å². The molecule has 0 heterocycles. The van der Waals surface area contributed by atoms with Crippen LogP contribution < -0.4 is 4.90 Å². The first-order valence-electron chi connectivity index (χ1n) is 11.7. The highest BCUT2D eigenvalue weighted by atomic mass is 15.1. The van der Waals surface area contributed by atoms with Crippen LogP contribution in [-0.2, 0) is 0 Å². The first-order chi connectivity index (χ1) is 16.8. The topological polar surface area (TPSA) is 3.24 Å². The molecule has 0 aliphatic heterocycles. The predicted octanol–water partition coefficient (Wildman–Crippen LogP) is 9.44. The summed E-state index contributed by atoms with van der Waals surface area (Å²) < 4.78 is 0. The highest BCUT2D eigenvalue weighted by Crippen LogP contribution is 2.46. The van der Waals surface area contributed by atoms with Crippen LogP contribution in [0.3, 0.4) is 0 Å². The molecule has 0 N–H and O–H groups in total. The van der Waals surface area contributed by atoms with E-state index in [-0.39, 0.29) is 0 Å². The van der Waals surface area contributed by atoms with E-state index < -0.39 is 0 Å². The monoisotopic (exact) mass is 435 g/mol. The van der Waals surface area contributed by atoms with E-state index in [0.717, 1.165) is 5.69 Å². The molecule has 1 heteroatoms. The minimum atomic E-state index is 1.15. The third-order valence-electron chi connectivity index (χ3n) is 6.58. The molecule has 0 amide bonds. The molecule has 1 nitrogen and oxygen atoms in total. The molecule has 34 heavy (non-hydrogen) atoms. The van der Waals surface area contributed by atoms with Gasteiger partial charge in [0.2, 0.25) is 0 Å². The smallest absolute Gasteiger partial charge is 0.0546 e. The number of fused-ring (bicyclic) bond motifs is 2. The van der Waals surface area contributed by atoms with Crippen LogP contribution in [-0.4, -0.2) is 0 Å². The van der Waals surface area contributed by atoms with Crippen molar-refractivity contribution >= 4 is 38.6 Å². The largest absolute Gasteiger partial charge is 0.310 e. The Kier molecular flexibility index (Phi) is 5.08. The molecule has 0 aromatic heterocycles. The molecular formula is C33H25N. The number of nitrogens with zero attached hydrogens (tertiary/aromatic N) is 1. The highest BCUT2D eigenvalue weighted by molar-refractivity contribution is 6.11. The molecule has 0 bridgehead atoms. The maximum absolute atomic E-state index is 2.40. The van der Waals surface area contributed by atoms with Crippen LogP contribution in [0.15, 0.2) is 133 Å². The zero-order chi connectivity index (χ0) is 22.9. The zero-order valence-electron chi connectivity index (χ0n) is 19.1. The molecule has 0 radical (unpaired) electrons. The van der Waals surface area contributed by atoms with E-state index in [9.17, 15) is 0 Å². The fourth-order valence-electron chi connectivity index (χ4n) is 4.97. The van der Waals surface area contributed by atoms with E-state index in [2.05, 4.69) is 145 Å². The summed E-state index contributed by atoms with van der Waals surface area (Å²) in [6, 6.07) is 47.8. The molecule has 0 aliphatic rings. The first-order valence-corrected chi connectivity index (χ1v) is 11.7. The van der Waals surface area contributed by atoms with Gasteiger partial charge in [0.15, 0.2) is 0 Å². The van der Waals surface area contributed by atoms with Crippen molar-refractivity contribution in [3.8, 4) is 11.1 Å². The molecular weight excluding hydrogens is 410 g/mol. The summed E-state index contributed by atoms with van der Waals surface area (Å²) >= 11 is 0. The second-order valence-electron chi connectivity index (χ2n) is 8.66. The Balaban J connectivity index is 1.75. The maximum Gasteiger partial charge on any atom is 0.0546 e. The molecule has 0 spiro atoms. The Bertz CT molecular complexity index is 1610. The molecule has 162 valence electrons. The normalized spacial score (nSPS) is 11.1. The van der Waals surface area contributed by atoms with Crippen molar-refractivity contribution in [1.29, 1.82) is 0 Å². The standard InChI is InChI=1S/C33H25N/c1-24-12-5-10-21-31(24)34(27-16-3-2-4-17-27)32-23-22-26-14-7-9-19-29(26)33(32)30-20-11-15-25-13-6-8-18-28(25)30/h2-23H,1H3. The van der Waals surface area contributed by atoms with Crippen LogP contribution in [0.2, 0.25) is 0 Å². The second kappa shape index (κ2) is 8.53. The van der Waals surface area contributed by atoms with Crippen molar-refractivity contribution < 1.29 is 0 Å². The van der Waals surface area contributed by atoms with Gasteiger partial charge in [-0.15, -0.1) is 0 Å². The molecule has 0 aliphatic carbocycles. The van der Waals surface area contributed by atoms with Crippen LogP contribution in [0, 0.1) is 6.92 Å². The summed E-state index contributed by atoms with van der Waals surface area (Å²) in [6.45, 7) is 2.18. The van der Waals surface area contributed by atoms with E-state index in [4.69, 9.17) is 0 Å². The highest BCUT2D eigenvalue weighted by Gasteiger charge is 2.21. The third-order valence-corrected chi connectivity index (χ3v) is 6.58. The van der Waals surface area contributed by atoms with E-state index in [1.807, 2.05) is 0 Å². The number of benzene rings is 6. The van der Waals surface area contributed by atoms with Gasteiger partial charge in [-0.25, -0.2) is 0 Å². The van der Waals surface area contributed by atoms with E-state index >= 15 is 0 Å². The Morgan fingerprint density at radius 3 is 1.85 bits per heavy atom. The summed E-state index contributed by atoms with van der Waals surface area (Å²) in [4.78, 5) is 2.40. The Labute approximate surface area is 200 Å². The van der Waals surface area contributed by atoms with Gasteiger partial charge in [0, 0.05) is 16.9 Å². The number of rotatable bonds is 4. The van der Waals surface area contributed by atoms with Crippen molar-refractivity contribution in [2.75, 3.05) is 4.90 Å². The summed E-state index contributed by atoms with van der Waals surface area (Å²) in [5.41, 5.74) is 7.25. The summed E-state index contributed by atoms with van der Waals surface area (Å²) in [6.07, 6.45) is 0. The molecule has 6 aromatic rings. The molecule has 0 unspecified atom stereocenters. The number of hydrogen-bond acceptors (Lipinski definition) is 1. The molecule has 6 aromatic carbocycles. The first kappa shape index (κ1) is 20.3. The summed E-state index contributed by atoms with van der Waals surface area (Å²) in [7, 11) is 0. The van der Waals surface area contributed by atoms with Gasteiger partial charge in [0.25, 0.3) is 0 Å². The zero-order valence-corrected chi connectivity index (χ0v) is 19.1. The average Bonchev–Trinajstić information content (AvgIpc) is 2.90. The van der Waals surface area contributed by atoms with Crippen LogP contribution in [0.1, 0.15) is 5.56 Å². The van der Waals surface area contributed by atoms with Crippen LogP contribution in [0.4, 0.5) is 17.1 Å². The van der Waals surface area contributed by atoms with Crippen LogP contribution in [0.25, 0.3) is 32.7 Å². The van der Waals surface area contributed by atoms with Gasteiger partial charge in [-0.05, 0) is 63.9 Å². The third kappa shape index (κ3) is 3.43. The van der Waals surface area contributed by atoms with Crippen LogP contribution >= 0.6 is 0 Å². The Hall–Kier alpha value is -4.36. The molecule has 0 saturated carbocycles. The number of para-hydroxylation sites is 2. The number of anilines is 3. The Morgan fingerprint density at radius 2 is 1.06 bits per heavy atom. The van der Waals surface area contributed by atoms with Gasteiger partial charge < -0.3 is 4.90 Å². The van der Waals surface area contributed by atoms with Crippen molar-refractivity contribution in [3.63, 3.8) is 0 Å². The van der Waals surface area contributed by atoms with Crippen molar-refractivity contribution in [2.45, 2.75) is 6.92 Å². The SMILES string of the molecule is Cc1ccccc1N(c1ccccc1)c1ccc2ccccc2c1-c1cccc2ccccc12. The van der Waals surface area contributed by atoms with Gasteiger partial charge >= 0.3 is 0 Å².